The predicted octanol–water partition coefficient (Wildman–Crippen LogP) is 5.95. The van der Waals surface area contributed by atoms with E-state index in [-0.39, 0.29) is 47.9 Å². The molecule has 0 radical (unpaired) electrons. The van der Waals surface area contributed by atoms with Gasteiger partial charge in [0.2, 0.25) is 20.0 Å². The highest BCUT2D eigenvalue weighted by Gasteiger charge is 2.19. The minimum Gasteiger partial charge on any atom is -0.478 e. The van der Waals surface area contributed by atoms with Crippen molar-refractivity contribution < 1.29 is 41.1 Å². The number of Topliss-reactive ketones (excluding diaryl/α,β-unsaturated/α-hetero) is 1. The summed E-state index contributed by atoms with van der Waals surface area (Å²) in [6, 6.07) is 28.9. The average Bonchev–Trinajstić information content (AvgIpc) is 3.10. The molecule has 0 fully saturated rings. The van der Waals surface area contributed by atoms with Gasteiger partial charge >= 0.3 is 5.97 Å². The lowest BCUT2D eigenvalue weighted by molar-refractivity contribution is 0.0696. The molecule has 0 unspecified atom stereocenters. The molecule has 0 aliphatic carbocycles. The number of primary sulfonamides is 2. The number of sulfonamides is 2. The first-order chi connectivity index (χ1) is 24.0. The minimum atomic E-state index is -4.05. The summed E-state index contributed by atoms with van der Waals surface area (Å²) in [5, 5.41) is 18.8. The molecule has 5 aromatic carbocycles. The molecule has 5 aromatic rings. The normalized spacial score (nSPS) is 11.2. The molecule has 5 rings (SSSR count). The Balaban J connectivity index is 0.000000238. The summed E-state index contributed by atoms with van der Waals surface area (Å²) in [6.45, 7) is 0. The molecule has 0 bridgehead atoms. The van der Waals surface area contributed by atoms with Crippen molar-refractivity contribution in [2.45, 2.75) is 22.6 Å². The van der Waals surface area contributed by atoms with Crippen molar-refractivity contribution in [1.82, 2.24) is 0 Å². The van der Waals surface area contributed by atoms with Crippen LogP contribution in [0.15, 0.2) is 125 Å². The van der Waals surface area contributed by atoms with Crippen LogP contribution in [-0.4, -0.2) is 45.3 Å². The molecule has 15 heteroatoms. The average molecular weight is 768 g/mol. The second-order valence-corrected chi connectivity index (χ2v) is 14.8. The van der Waals surface area contributed by atoms with E-state index in [2.05, 4.69) is 0 Å². The Bertz CT molecular complexity index is 2350. The second-order valence-electron chi connectivity index (χ2n) is 10.9. The van der Waals surface area contributed by atoms with Crippen molar-refractivity contribution in [2.75, 3.05) is 0 Å². The number of hydrogen-bond donors (Lipinski definition) is 3. The number of carbonyl (C=O) groups is 4. The lowest BCUT2D eigenvalue weighted by atomic mass is 9.99. The van der Waals surface area contributed by atoms with Crippen LogP contribution in [0, 0.1) is 0 Å². The van der Waals surface area contributed by atoms with Gasteiger partial charge in [0.15, 0.2) is 17.3 Å². The van der Waals surface area contributed by atoms with Gasteiger partial charge < -0.3 is 5.11 Å². The molecule has 0 heterocycles. The summed E-state index contributed by atoms with van der Waals surface area (Å²) in [5.74, 6) is -1.99. The maximum atomic E-state index is 12.7. The van der Waals surface area contributed by atoms with Gasteiger partial charge in [-0.3, -0.25) is 14.4 Å². The molecule has 0 aliphatic rings. The van der Waals surface area contributed by atoms with Crippen LogP contribution in [0.25, 0.3) is 0 Å². The third-order valence-corrected chi connectivity index (χ3v) is 10.1. The zero-order valence-electron chi connectivity index (χ0n) is 26.3. The number of rotatable bonds is 11. The molecule has 0 saturated carbocycles. The van der Waals surface area contributed by atoms with E-state index in [0.29, 0.717) is 24.0 Å². The van der Waals surface area contributed by atoms with Crippen molar-refractivity contribution in [3.8, 4) is 0 Å². The summed E-state index contributed by atoms with van der Waals surface area (Å²) in [5.41, 5.74) is 2.40. The Hall–Kier alpha value is -5.02. The Labute approximate surface area is 303 Å². The van der Waals surface area contributed by atoms with E-state index in [1.165, 1.54) is 48.5 Å². The van der Waals surface area contributed by atoms with E-state index in [1.807, 2.05) is 30.3 Å². The van der Waals surface area contributed by atoms with E-state index < -0.39 is 37.6 Å². The van der Waals surface area contributed by atoms with Crippen LogP contribution < -0.4 is 10.3 Å². The number of aryl methyl sites for hydroxylation is 1. The minimum absolute atomic E-state index is 0.0177. The predicted molar refractivity (Wildman–Crippen MR) is 191 cm³/mol. The zero-order chi connectivity index (χ0) is 37.5. The first-order valence-electron chi connectivity index (χ1n) is 14.7. The molecule has 11 nitrogen and oxygen atoms in total. The molecule has 0 aromatic heterocycles. The quantitative estimate of drug-likeness (QED) is 0.136. The Morgan fingerprint density at radius 1 is 0.529 bits per heavy atom. The smallest absolute Gasteiger partial charge is 0.335 e. The summed E-state index contributed by atoms with van der Waals surface area (Å²) in [7, 11) is -8.10. The number of ketones is 3. The Morgan fingerprint density at radius 3 is 1.29 bits per heavy atom. The molecule has 51 heavy (non-hydrogen) atoms. The monoisotopic (exact) mass is 766 g/mol. The maximum absolute atomic E-state index is 12.7. The van der Waals surface area contributed by atoms with Gasteiger partial charge in [0.25, 0.3) is 0 Å². The topological polar surface area (TPSA) is 209 Å². The summed E-state index contributed by atoms with van der Waals surface area (Å²) in [6.07, 6.45) is 1.01. The SMILES string of the molecule is NS(=O)(=O)c1cc(C(=O)c2ccc(C(=O)CCc3ccccc3)cc2)ccc1Cl.NS(=O)(=O)c1cc(C(=O)c2ccc(C(=O)O)cc2)ccc1Cl. The molecular weight excluding hydrogens is 739 g/mol. The summed E-state index contributed by atoms with van der Waals surface area (Å²) < 4.78 is 46.0. The van der Waals surface area contributed by atoms with Crippen molar-refractivity contribution in [3.05, 3.63) is 164 Å². The largest absolute Gasteiger partial charge is 0.478 e. The third kappa shape index (κ3) is 10.3. The highest BCUT2D eigenvalue weighted by atomic mass is 35.5. The number of carbonyl (C=O) groups excluding carboxylic acids is 3. The molecular formula is C36H28Cl2N2O9S2. The summed E-state index contributed by atoms with van der Waals surface area (Å²) >= 11 is 11.6. The molecule has 262 valence electrons. The van der Waals surface area contributed by atoms with Crippen LogP contribution in [0.4, 0.5) is 0 Å². The number of benzene rings is 5. The fourth-order valence-corrected chi connectivity index (χ4v) is 6.82. The van der Waals surface area contributed by atoms with E-state index >= 15 is 0 Å². The fourth-order valence-electron chi connectivity index (χ4n) is 4.68. The first kappa shape index (κ1) is 38.8. The molecule has 0 amide bonds. The van der Waals surface area contributed by atoms with Crippen LogP contribution in [0.1, 0.15) is 64.5 Å². The van der Waals surface area contributed by atoms with Crippen LogP contribution >= 0.6 is 23.2 Å². The third-order valence-electron chi connectivity index (χ3n) is 7.35. The zero-order valence-corrected chi connectivity index (χ0v) is 29.5. The van der Waals surface area contributed by atoms with Gasteiger partial charge in [0.1, 0.15) is 9.79 Å². The van der Waals surface area contributed by atoms with Gasteiger partial charge in [0, 0.05) is 34.2 Å². The number of nitrogens with two attached hydrogens (primary N) is 2. The number of carboxylic acid groups (broad SMARTS) is 1. The lowest BCUT2D eigenvalue weighted by Crippen LogP contribution is -2.14. The summed E-state index contributed by atoms with van der Waals surface area (Å²) in [4.78, 5) is 47.4. The van der Waals surface area contributed by atoms with Crippen molar-refractivity contribution in [3.63, 3.8) is 0 Å². The van der Waals surface area contributed by atoms with E-state index in [1.54, 1.807) is 24.3 Å². The Morgan fingerprint density at radius 2 is 0.902 bits per heavy atom. The lowest BCUT2D eigenvalue weighted by Gasteiger charge is -2.07. The molecule has 0 saturated heterocycles. The van der Waals surface area contributed by atoms with Gasteiger partial charge in [-0.1, -0.05) is 89.9 Å². The van der Waals surface area contributed by atoms with Crippen LogP contribution in [0.5, 0.6) is 0 Å². The van der Waals surface area contributed by atoms with E-state index in [0.717, 1.165) is 17.7 Å². The van der Waals surface area contributed by atoms with Crippen LogP contribution in [-0.2, 0) is 26.5 Å². The number of carboxylic acids is 1. The van der Waals surface area contributed by atoms with Gasteiger partial charge in [0.05, 0.1) is 15.6 Å². The second kappa shape index (κ2) is 16.3. The standard InChI is InChI=1S/C22H18ClNO4S.C14H10ClNO5S/c23-19-12-11-18(14-21(19)29(24,27)28)22(26)17-9-7-16(8-10-17)20(25)13-6-15-4-2-1-3-5-15;15-11-6-5-10(7-12(11)22(16,20)21)13(17)8-1-3-9(4-2-8)14(18)19/h1-5,7-12,14H,6,13H2,(H2,24,27,28);1-7H,(H,18,19)(H2,16,20,21). The molecule has 0 aliphatic heterocycles. The van der Waals surface area contributed by atoms with Gasteiger partial charge in [-0.25, -0.2) is 31.9 Å². The van der Waals surface area contributed by atoms with Gasteiger partial charge in [-0.15, -0.1) is 0 Å². The first-order valence-corrected chi connectivity index (χ1v) is 18.5. The van der Waals surface area contributed by atoms with E-state index in [9.17, 15) is 36.0 Å². The van der Waals surface area contributed by atoms with Crippen molar-refractivity contribution in [2.24, 2.45) is 10.3 Å². The highest BCUT2D eigenvalue weighted by molar-refractivity contribution is 7.89. The van der Waals surface area contributed by atoms with Crippen LogP contribution in [0.3, 0.4) is 0 Å². The van der Waals surface area contributed by atoms with Gasteiger partial charge in [-0.2, -0.15) is 0 Å². The molecule has 5 N–H and O–H groups in total. The Kier molecular flexibility index (Phi) is 12.4. The van der Waals surface area contributed by atoms with Crippen molar-refractivity contribution in [1.29, 1.82) is 0 Å². The van der Waals surface area contributed by atoms with E-state index in [4.69, 9.17) is 38.6 Å². The number of halogens is 2. The number of aromatic carboxylic acids is 1. The highest BCUT2D eigenvalue weighted by Crippen LogP contribution is 2.24. The van der Waals surface area contributed by atoms with Gasteiger partial charge in [-0.05, 0) is 60.5 Å². The van der Waals surface area contributed by atoms with Crippen molar-refractivity contribution >= 4 is 66.6 Å². The number of hydrogen-bond acceptors (Lipinski definition) is 8. The fraction of sp³-hybridized carbons (Fsp3) is 0.0556. The maximum Gasteiger partial charge on any atom is 0.335 e. The molecule has 0 atom stereocenters. The van der Waals surface area contributed by atoms with Crippen LogP contribution in [0.2, 0.25) is 10.0 Å². The molecule has 0 spiro atoms.